The molecule has 2 aliphatic heterocycles. The van der Waals surface area contributed by atoms with E-state index in [4.69, 9.17) is 10.5 Å². The number of anilines is 2. The maximum Gasteiger partial charge on any atom is 0.429 e. The molecule has 4 N–H and O–H groups in total. The second kappa shape index (κ2) is 9.50. The third kappa shape index (κ3) is 5.41. The molecule has 1 unspecified atom stereocenters. The fourth-order valence-corrected chi connectivity index (χ4v) is 5.31. The highest BCUT2D eigenvalue weighted by Gasteiger charge is 2.45. The van der Waals surface area contributed by atoms with Crippen LogP contribution in [0, 0.1) is 5.41 Å². The molecule has 0 amide bonds. The summed E-state index contributed by atoms with van der Waals surface area (Å²) in [5, 5.41) is 12.3. The molecular formula is C21H22Br2F3N5O3. The van der Waals surface area contributed by atoms with E-state index in [0.29, 0.717) is 36.3 Å². The van der Waals surface area contributed by atoms with Gasteiger partial charge in [0.1, 0.15) is 11.9 Å². The molecule has 8 nitrogen and oxygen atoms in total. The zero-order valence-corrected chi connectivity index (χ0v) is 21.0. The Balaban J connectivity index is 1.53. The monoisotopic (exact) mass is 607 g/mol. The number of hydrogen-bond acceptors (Lipinski definition) is 7. The standard InChI is InChI=1S/C21H22Br2F3N5O3/c22-11-1-2-13(23)12(7-11)17(21(24,25)26)34-16-8-15(29-19(27)30-16)31-5-3-20(4-6-31)9-14(18(32)33)28-10-20/h1-2,7-8,14,17,28H,3-6,9-10H2,(H,32,33)(H2,27,29,30)/t14-,17?/m0/s1. The van der Waals surface area contributed by atoms with E-state index in [2.05, 4.69) is 47.1 Å². The van der Waals surface area contributed by atoms with E-state index < -0.39 is 24.3 Å². The first kappa shape index (κ1) is 25.0. The molecule has 4 rings (SSSR count). The van der Waals surface area contributed by atoms with Crippen molar-refractivity contribution < 1.29 is 27.8 Å². The van der Waals surface area contributed by atoms with Gasteiger partial charge in [0.2, 0.25) is 17.9 Å². The van der Waals surface area contributed by atoms with Crippen molar-refractivity contribution in [2.75, 3.05) is 30.3 Å². The van der Waals surface area contributed by atoms with Gasteiger partial charge in [-0.05, 0) is 42.9 Å². The molecule has 3 heterocycles. The molecule has 0 bridgehead atoms. The number of benzene rings is 1. The number of nitrogens with two attached hydrogens (primary N) is 1. The van der Waals surface area contributed by atoms with Crippen molar-refractivity contribution in [3.63, 3.8) is 0 Å². The smallest absolute Gasteiger partial charge is 0.429 e. The molecule has 1 aromatic heterocycles. The number of rotatable bonds is 5. The van der Waals surface area contributed by atoms with Crippen molar-refractivity contribution in [3.05, 3.63) is 38.8 Å². The van der Waals surface area contributed by atoms with Crippen molar-refractivity contribution in [1.29, 1.82) is 0 Å². The number of piperidine rings is 1. The number of carboxylic acids is 1. The van der Waals surface area contributed by atoms with Crippen molar-refractivity contribution in [3.8, 4) is 5.88 Å². The first-order valence-corrected chi connectivity index (χ1v) is 12.1. The summed E-state index contributed by atoms with van der Waals surface area (Å²) in [5.74, 6) is -0.978. The van der Waals surface area contributed by atoms with Crippen molar-refractivity contribution in [2.45, 2.75) is 37.6 Å². The number of nitrogens with one attached hydrogen (secondary N) is 1. The SMILES string of the molecule is Nc1nc(OC(c2cc(Br)ccc2Br)C(F)(F)F)cc(N2CCC3(CC2)CN[C@H](C(=O)O)C3)n1. The molecule has 1 aromatic carbocycles. The first-order chi connectivity index (χ1) is 16.0. The Morgan fingerprint density at radius 2 is 1.97 bits per heavy atom. The number of nitrogen functional groups attached to an aromatic ring is 1. The van der Waals surface area contributed by atoms with Gasteiger partial charge in [-0.1, -0.05) is 31.9 Å². The molecule has 0 radical (unpaired) electrons. The van der Waals surface area contributed by atoms with Crippen LogP contribution in [0.2, 0.25) is 0 Å². The number of ether oxygens (including phenoxy) is 1. The highest BCUT2D eigenvalue weighted by molar-refractivity contribution is 9.11. The number of carbonyl (C=O) groups is 1. The van der Waals surface area contributed by atoms with Crippen LogP contribution in [0.3, 0.4) is 0 Å². The minimum atomic E-state index is -4.71. The number of carboxylic acid groups (broad SMARTS) is 1. The fourth-order valence-electron chi connectivity index (χ4n) is 4.48. The van der Waals surface area contributed by atoms with Crippen LogP contribution in [-0.2, 0) is 4.79 Å². The molecule has 34 heavy (non-hydrogen) atoms. The van der Waals surface area contributed by atoms with E-state index in [1.807, 2.05) is 4.90 Å². The Hall–Kier alpha value is -2.12. The van der Waals surface area contributed by atoms with Gasteiger partial charge in [0.05, 0.1) is 0 Å². The predicted octanol–water partition coefficient (Wildman–Crippen LogP) is 4.30. The van der Waals surface area contributed by atoms with Gasteiger partial charge in [-0.2, -0.15) is 23.1 Å². The molecule has 2 saturated heterocycles. The van der Waals surface area contributed by atoms with Gasteiger partial charge in [0.15, 0.2) is 0 Å². The molecule has 2 aromatic rings. The van der Waals surface area contributed by atoms with Crippen LogP contribution in [0.1, 0.15) is 30.9 Å². The summed E-state index contributed by atoms with van der Waals surface area (Å²) in [7, 11) is 0. The summed E-state index contributed by atoms with van der Waals surface area (Å²) < 4.78 is 47.8. The topological polar surface area (TPSA) is 114 Å². The Labute approximate surface area is 210 Å². The summed E-state index contributed by atoms with van der Waals surface area (Å²) in [6.45, 7) is 1.74. The molecule has 0 saturated carbocycles. The van der Waals surface area contributed by atoms with Crippen molar-refractivity contribution >= 4 is 49.6 Å². The lowest BCUT2D eigenvalue weighted by molar-refractivity contribution is -0.198. The Morgan fingerprint density at radius 1 is 1.26 bits per heavy atom. The van der Waals surface area contributed by atoms with Crippen molar-refractivity contribution in [1.82, 2.24) is 15.3 Å². The Kier molecular flexibility index (Phi) is 6.98. The zero-order chi connectivity index (χ0) is 24.7. The van der Waals surface area contributed by atoms with Gasteiger partial charge < -0.3 is 25.8 Å². The zero-order valence-electron chi connectivity index (χ0n) is 17.8. The number of halogens is 5. The van der Waals surface area contributed by atoms with Crippen LogP contribution in [0.4, 0.5) is 24.9 Å². The largest absolute Gasteiger partial charge is 0.480 e. The lowest BCUT2D eigenvalue weighted by Gasteiger charge is -2.39. The van der Waals surface area contributed by atoms with E-state index in [-0.39, 0.29) is 27.3 Å². The third-order valence-electron chi connectivity index (χ3n) is 6.29. The number of aliphatic carboxylic acids is 1. The second-order valence-electron chi connectivity index (χ2n) is 8.59. The van der Waals surface area contributed by atoms with Crippen LogP contribution in [0.25, 0.3) is 0 Å². The number of nitrogens with zero attached hydrogens (tertiary/aromatic N) is 3. The average Bonchev–Trinajstić information content (AvgIpc) is 3.17. The molecule has 13 heteroatoms. The van der Waals surface area contributed by atoms with E-state index in [1.165, 1.54) is 18.2 Å². The summed E-state index contributed by atoms with van der Waals surface area (Å²) in [4.78, 5) is 21.3. The van der Waals surface area contributed by atoms with Crippen molar-refractivity contribution in [2.24, 2.45) is 5.41 Å². The lowest BCUT2D eigenvalue weighted by atomic mass is 9.76. The maximum absolute atomic E-state index is 13.9. The van der Waals surface area contributed by atoms with Gasteiger partial charge >= 0.3 is 12.1 Å². The highest BCUT2D eigenvalue weighted by atomic mass is 79.9. The van der Waals surface area contributed by atoms with Gasteiger partial charge in [-0.3, -0.25) is 4.79 Å². The average molecular weight is 609 g/mol. The summed E-state index contributed by atoms with van der Waals surface area (Å²) in [6, 6.07) is 5.24. The fraction of sp³-hybridized carbons (Fsp3) is 0.476. The van der Waals surface area contributed by atoms with Crippen LogP contribution < -0.4 is 20.7 Å². The molecular weight excluding hydrogens is 587 g/mol. The van der Waals surface area contributed by atoms with Gasteiger partial charge in [0, 0.05) is 40.2 Å². The summed E-state index contributed by atoms with van der Waals surface area (Å²) in [6.07, 6.45) is -4.99. The predicted molar refractivity (Wildman–Crippen MR) is 126 cm³/mol. The summed E-state index contributed by atoms with van der Waals surface area (Å²) in [5.41, 5.74) is 5.58. The van der Waals surface area contributed by atoms with Crippen LogP contribution >= 0.6 is 31.9 Å². The normalized spacial score (nSPS) is 21.0. The Bertz CT molecular complexity index is 1080. The highest BCUT2D eigenvalue weighted by Crippen LogP contribution is 2.42. The molecule has 184 valence electrons. The minimum absolute atomic E-state index is 0.109. The maximum atomic E-state index is 13.9. The quantitative estimate of drug-likeness (QED) is 0.461. The number of hydrogen-bond donors (Lipinski definition) is 3. The minimum Gasteiger partial charge on any atom is -0.480 e. The molecule has 0 aliphatic carbocycles. The van der Waals surface area contributed by atoms with Crippen LogP contribution in [0.5, 0.6) is 5.88 Å². The van der Waals surface area contributed by atoms with Crippen LogP contribution in [-0.4, -0.2) is 52.9 Å². The number of aromatic nitrogens is 2. The molecule has 1 spiro atoms. The van der Waals surface area contributed by atoms with E-state index >= 15 is 0 Å². The van der Waals surface area contributed by atoms with Gasteiger partial charge in [0.25, 0.3) is 0 Å². The van der Waals surface area contributed by atoms with Gasteiger partial charge in [-0.25, -0.2) is 0 Å². The summed E-state index contributed by atoms with van der Waals surface area (Å²) >= 11 is 6.36. The lowest BCUT2D eigenvalue weighted by Crippen LogP contribution is -2.41. The second-order valence-corrected chi connectivity index (χ2v) is 10.4. The third-order valence-corrected chi connectivity index (χ3v) is 7.51. The Morgan fingerprint density at radius 3 is 2.59 bits per heavy atom. The van der Waals surface area contributed by atoms with Crippen LogP contribution in [0.15, 0.2) is 33.2 Å². The van der Waals surface area contributed by atoms with E-state index in [0.717, 1.165) is 12.8 Å². The molecule has 2 aliphatic rings. The van der Waals surface area contributed by atoms with E-state index in [1.54, 1.807) is 6.07 Å². The van der Waals surface area contributed by atoms with E-state index in [9.17, 15) is 23.1 Å². The molecule has 2 fully saturated rings. The number of alkyl halides is 3. The van der Waals surface area contributed by atoms with Gasteiger partial charge in [-0.15, -0.1) is 0 Å². The first-order valence-electron chi connectivity index (χ1n) is 10.5. The molecule has 2 atom stereocenters.